The van der Waals surface area contributed by atoms with E-state index in [0.717, 1.165) is 32.7 Å². The Kier molecular flexibility index (Phi) is 4.33. The zero-order chi connectivity index (χ0) is 14.9. The Bertz CT molecular complexity index is 659. The van der Waals surface area contributed by atoms with Gasteiger partial charge in [0.25, 0.3) is 0 Å². The van der Waals surface area contributed by atoms with E-state index in [1.807, 2.05) is 56.7 Å². The monoisotopic (exact) mass is 334 g/mol. The van der Waals surface area contributed by atoms with Crippen LogP contribution in [0, 0.1) is 20.8 Å². The highest BCUT2D eigenvalue weighted by Gasteiger charge is 2.13. The van der Waals surface area contributed by atoms with Crippen LogP contribution in [-0.4, -0.2) is 16.9 Å². The second-order valence-electron chi connectivity index (χ2n) is 5.08. The first-order chi connectivity index (χ1) is 9.40. The molecule has 2 aromatic rings. The maximum absolute atomic E-state index is 12.3. The summed E-state index contributed by atoms with van der Waals surface area (Å²) in [6.45, 7) is 6.33. The zero-order valence-corrected chi connectivity index (χ0v) is 13.8. The first-order valence-electron chi connectivity index (χ1n) is 6.56. The topological polar surface area (TPSA) is 34.0 Å². The van der Waals surface area contributed by atoms with Gasteiger partial charge in [-0.05, 0) is 50.6 Å². The molecule has 1 aromatic heterocycles. The molecule has 0 radical (unpaired) electrons. The molecule has 106 valence electrons. The highest BCUT2D eigenvalue weighted by molar-refractivity contribution is 9.10. The second kappa shape index (κ2) is 5.83. The van der Waals surface area contributed by atoms with Crippen molar-refractivity contribution in [2.75, 3.05) is 11.9 Å². The van der Waals surface area contributed by atoms with E-state index in [-0.39, 0.29) is 5.78 Å². The highest BCUT2D eigenvalue weighted by atomic mass is 79.9. The molecule has 0 aliphatic rings. The van der Waals surface area contributed by atoms with Gasteiger partial charge in [0.15, 0.2) is 5.78 Å². The van der Waals surface area contributed by atoms with E-state index in [0.29, 0.717) is 6.54 Å². The van der Waals surface area contributed by atoms with E-state index in [1.54, 1.807) is 0 Å². The number of halogens is 1. The van der Waals surface area contributed by atoms with Crippen molar-refractivity contribution in [3.05, 3.63) is 51.3 Å². The van der Waals surface area contributed by atoms with Gasteiger partial charge in [0.2, 0.25) is 0 Å². The molecule has 1 N–H and O–H groups in total. The Morgan fingerprint density at radius 1 is 1.25 bits per heavy atom. The molecule has 1 heterocycles. The van der Waals surface area contributed by atoms with Gasteiger partial charge in [0, 0.05) is 34.2 Å². The Morgan fingerprint density at radius 3 is 2.50 bits per heavy atom. The number of benzene rings is 1. The Morgan fingerprint density at radius 2 is 1.95 bits per heavy atom. The van der Waals surface area contributed by atoms with E-state index in [4.69, 9.17) is 0 Å². The third-order valence-corrected chi connectivity index (χ3v) is 4.58. The number of anilines is 1. The summed E-state index contributed by atoms with van der Waals surface area (Å²) in [5.74, 6) is 0.117. The van der Waals surface area contributed by atoms with Gasteiger partial charge < -0.3 is 9.88 Å². The zero-order valence-electron chi connectivity index (χ0n) is 12.2. The molecule has 0 aliphatic heterocycles. The number of rotatable bonds is 4. The van der Waals surface area contributed by atoms with Gasteiger partial charge >= 0.3 is 0 Å². The molecule has 0 atom stereocenters. The van der Waals surface area contributed by atoms with Gasteiger partial charge in [-0.3, -0.25) is 4.79 Å². The van der Waals surface area contributed by atoms with Crippen LogP contribution >= 0.6 is 15.9 Å². The molecule has 0 fully saturated rings. The maximum atomic E-state index is 12.3. The molecule has 20 heavy (non-hydrogen) atoms. The normalized spacial score (nSPS) is 10.7. The number of Topliss-reactive ketones (excluding diaryl/α,β-unsaturated/α-hetero) is 1. The standard InChI is InChI=1S/C16H19BrN2O/c1-10-7-13(5-6-15(10)17)18-9-16(20)14-8-11(2)19(4)12(14)3/h5-8,18H,9H2,1-4H3. The van der Waals surface area contributed by atoms with E-state index >= 15 is 0 Å². The average molecular weight is 335 g/mol. The lowest BCUT2D eigenvalue weighted by Gasteiger charge is -2.08. The maximum Gasteiger partial charge on any atom is 0.183 e. The van der Waals surface area contributed by atoms with Crippen molar-refractivity contribution in [3.63, 3.8) is 0 Å². The number of hydrogen-bond donors (Lipinski definition) is 1. The fraction of sp³-hybridized carbons (Fsp3) is 0.312. The summed E-state index contributed by atoms with van der Waals surface area (Å²) in [6, 6.07) is 7.93. The van der Waals surface area contributed by atoms with Crippen LogP contribution in [0.2, 0.25) is 0 Å². The van der Waals surface area contributed by atoms with Crippen LogP contribution in [0.25, 0.3) is 0 Å². The molecule has 0 saturated carbocycles. The minimum atomic E-state index is 0.117. The minimum Gasteiger partial charge on any atom is -0.378 e. The van der Waals surface area contributed by atoms with Crippen LogP contribution in [0.15, 0.2) is 28.7 Å². The Labute approximate surface area is 128 Å². The molecule has 0 amide bonds. The highest BCUT2D eigenvalue weighted by Crippen LogP contribution is 2.20. The largest absolute Gasteiger partial charge is 0.378 e. The summed E-state index contributed by atoms with van der Waals surface area (Å²) >= 11 is 3.47. The molecular formula is C16H19BrN2O. The number of carbonyl (C=O) groups excluding carboxylic acids is 1. The number of nitrogens with one attached hydrogen (secondary N) is 1. The van der Waals surface area contributed by atoms with Gasteiger partial charge in [-0.2, -0.15) is 0 Å². The summed E-state index contributed by atoms with van der Waals surface area (Å²) < 4.78 is 3.11. The van der Waals surface area contributed by atoms with Crippen molar-refractivity contribution in [3.8, 4) is 0 Å². The summed E-state index contributed by atoms with van der Waals surface area (Å²) in [4.78, 5) is 12.3. The van der Waals surface area contributed by atoms with Crippen molar-refractivity contribution in [1.82, 2.24) is 4.57 Å². The average Bonchev–Trinajstić information content (AvgIpc) is 2.67. The van der Waals surface area contributed by atoms with Gasteiger partial charge in [-0.15, -0.1) is 0 Å². The second-order valence-corrected chi connectivity index (χ2v) is 5.94. The van der Waals surface area contributed by atoms with Crippen molar-refractivity contribution >= 4 is 27.4 Å². The fourth-order valence-electron chi connectivity index (χ4n) is 2.17. The fourth-order valence-corrected chi connectivity index (χ4v) is 2.42. The Hall–Kier alpha value is -1.55. The molecule has 0 bridgehead atoms. The van der Waals surface area contributed by atoms with Crippen molar-refractivity contribution in [1.29, 1.82) is 0 Å². The molecule has 0 unspecified atom stereocenters. The van der Waals surface area contributed by atoms with Gasteiger partial charge in [-0.1, -0.05) is 15.9 Å². The number of nitrogens with zero attached hydrogens (tertiary/aromatic N) is 1. The van der Waals surface area contributed by atoms with Crippen LogP contribution in [0.5, 0.6) is 0 Å². The van der Waals surface area contributed by atoms with Gasteiger partial charge in [-0.25, -0.2) is 0 Å². The minimum absolute atomic E-state index is 0.117. The number of aromatic nitrogens is 1. The molecule has 3 nitrogen and oxygen atoms in total. The molecule has 0 saturated heterocycles. The lowest BCUT2D eigenvalue weighted by molar-refractivity contribution is 0.101. The van der Waals surface area contributed by atoms with Crippen LogP contribution in [-0.2, 0) is 7.05 Å². The lowest BCUT2D eigenvalue weighted by Crippen LogP contribution is -2.14. The van der Waals surface area contributed by atoms with Gasteiger partial charge in [0.1, 0.15) is 0 Å². The van der Waals surface area contributed by atoms with Crippen molar-refractivity contribution in [2.45, 2.75) is 20.8 Å². The summed E-state index contributed by atoms with van der Waals surface area (Å²) in [6.07, 6.45) is 0. The quantitative estimate of drug-likeness (QED) is 0.857. The van der Waals surface area contributed by atoms with Crippen LogP contribution in [0.3, 0.4) is 0 Å². The lowest BCUT2D eigenvalue weighted by atomic mass is 10.1. The number of hydrogen-bond acceptors (Lipinski definition) is 2. The predicted molar refractivity (Wildman–Crippen MR) is 86.6 cm³/mol. The van der Waals surface area contributed by atoms with Crippen LogP contribution < -0.4 is 5.32 Å². The molecule has 2 rings (SSSR count). The van der Waals surface area contributed by atoms with E-state index < -0.39 is 0 Å². The molecular weight excluding hydrogens is 316 g/mol. The molecule has 4 heteroatoms. The van der Waals surface area contributed by atoms with E-state index in [9.17, 15) is 4.79 Å². The number of carbonyl (C=O) groups is 1. The third-order valence-electron chi connectivity index (χ3n) is 3.69. The summed E-state index contributed by atoms with van der Waals surface area (Å²) in [7, 11) is 1.98. The van der Waals surface area contributed by atoms with E-state index in [1.165, 1.54) is 0 Å². The SMILES string of the molecule is Cc1cc(NCC(=O)c2cc(C)n(C)c2C)ccc1Br. The van der Waals surface area contributed by atoms with Crippen LogP contribution in [0.4, 0.5) is 5.69 Å². The van der Waals surface area contributed by atoms with Crippen LogP contribution in [0.1, 0.15) is 27.3 Å². The first kappa shape index (κ1) is 14.9. The first-order valence-corrected chi connectivity index (χ1v) is 7.35. The predicted octanol–water partition coefficient (Wildman–Crippen LogP) is 4.01. The molecule has 0 spiro atoms. The smallest absolute Gasteiger partial charge is 0.183 e. The Balaban J connectivity index is 2.08. The number of ketones is 1. The van der Waals surface area contributed by atoms with Crippen molar-refractivity contribution < 1.29 is 4.79 Å². The van der Waals surface area contributed by atoms with E-state index in [2.05, 4.69) is 21.2 Å². The molecule has 0 aliphatic carbocycles. The molecule has 1 aromatic carbocycles. The van der Waals surface area contributed by atoms with Crippen molar-refractivity contribution in [2.24, 2.45) is 7.05 Å². The summed E-state index contributed by atoms with van der Waals surface area (Å²) in [5.41, 5.74) is 5.02. The summed E-state index contributed by atoms with van der Waals surface area (Å²) in [5, 5.41) is 3.19. The van der Waals surface area contributed by atoms with Gasteiger partial charge in [0.05, 0.1) is 6.54 Å². The third kappa shape index (κ3) is 2.96. The number of aryl methyl sites for hydroxylation is 2.